The van der Waals surface area contributed by atoms with E-state index in [0.29, 0.717) is 6.42 Å². The van der Waals surface area contributed by atoms with E-state index in [9.17, 15) is 4.79 Å². The van der Waals surface area contributed by atoms with Crippen molar-refractivity contribution in [3.05, 3.63) is 58.7 Å². The highest BCUT2D eigenvalue weighted by molar-refractivity contribution is 5.78. The Labute approximate surface area is 154 Å². The first-order valence-corrected chi connectivity index (χ1v) is 9.29. The lowest BCUT2D eigenvalue weighted by Gasteiger charge is -2.30. The highest BCUT2D eigenvalue weighted by Gasteiger charge is 2.29. The maximum Gasteiger partial charge on any atom is 0.223 e. The molecule has 2 aromatic rings. The van der Waals surface area contributed by atoms with Crippen molar-refractivity contribution >= 4 is 5.91 Å². The molecule has 0 aromatic heterocycles. The predicted octanol–water partition coefficient (Wildman–Crippen LogP) is 3.71. The van der Waals surface area contributed by atoms with Crippen LogP contribution in [0.3, 0.4) is 0 Å². The molecular weight excluding hydrogens is 326 g/mol. The van der Waals surface area contributed by atoms with E-state index in [0.717, 1.165) is 43.9 Å². The van der Waals surface area contributed by atoms with Gasteiger partial charge in [-0.2, -0.15) is 0 Å². The van der Waals surface area contributed by atoms with Gasteiger partial charge in [0.15, 0.2) is 11.5 Å². The summed E-state index contributed by atoms with van der Waals surface area (Å²) in [6.07, 6.45) is 3.54. The fourth-order valence-corrected chi connectivity index (χ4v) is 4.28. The maximum absolute atomic E-state index is 12.9. The van der Waals surface area contributed by atoms with Crippen LogP contribution in [0.5, 0.6) is 11.5 Å². The van der Waals surface area contributed by atoms with E-state index in [1.807, 2.05) is 4.90 Å². The number of carbonyl (C=O) groups is 1. The first-order valence-electron chi connectivity index (χ1n) is 9.29. The Morgan fingerprint density at radius 1 is 1.04 bits per heavy atom. The van der Waals surface area contributed by atoms with Crippen molar-refractivity contribution < 1.29 is 14.3 Å². The Morgan fingerprint density at radius 3 is 2.54 bits per heavy atom. The molecule has 0 N–H and O–H groups in total. The standard InChI is InChI=1S/C22H25NO3/c1-25-20-11-16-7-8-17(19(16)13-21(20)26-2)12-22(24)23-10-9-15-5-3-4-6-18(15)14-23/h3-6,11,13,17H,7-10,12,14H2,1-2H3. The van der Waals surface area contributed by atoms with Gasteiger partial charge in [0.25, 0.3) is 0 Å². The summed E-state index contributed by atoms with van der Waals surface area (Å²) in [6, 6.07) is 12.6. The van der Waals surface area contributed by atoms with Gasteiger partial charge in [-0.05, 0) is 59.6 Å². The number of nitrogens with zero attached hydrogens (tertiary/aromatic N) is 1. The van der Waals surface area contributed by atoms with Gasteiger partial charge < -0.3 is 14.4 Å². The molecule has 1 amide bonds. The maximum atomic E-state index is 12.9. The molecule has 0 saturated heterocycles. The van der Waals surface area contributed by atoms with E-state index < -0.39 is 0 Å². The number of aryl methyl sites for hydroxylation is 1. The van der Waals surface area contributed by atoms with E-state index in [-0.39, 0.29) is 11.8 Å². The average molecular weight is 351 g/mol. The number of hydrogen-bond donors (Lipinski definition) is 0. The number of amides is 1. The summed E-state index contributed by atoms with van der Waals surface area (Å²) in [4.78, 5) is 14.9. The number of fused-ring (bicyclic) bond motifs is 2. The molecule has 1 unspecified atom stereocenters. The summed E-state index contributed by atoms with van der Waals surface area (Å²) in [5.74, 6) is 2.05. The first kappa shape index (κ1) is 17.0. The van der Waals surface area contributed by atoms with Gasteiger partial charge in [0.05, 0.1) is 14.2 Å². The molecule has 4 nitrogen and oxygen atoms in total. The highest BCUT2D eigenvalue weighted by Crippen LogP contribution is 2.42. The second-order valence-electron chi connectivity index (χ2n) is 7.18. The smallest absolute Gasteiger partial charge is 0.223 e. The molecule has 1 aliphatic heterocycles. The van der Waals surface area contributed by atoms with E-state index in [1.165, 1.54) is 22.3 Å². The third-order valence-corrected chi connectivity index (χ3v) is 5.75. The van der Waals surface area contributed by atoms with E-state index in [2.05, 4.69) is 36.4 Å². The number of ether oxygens (including phenoxy) is 2. The minimum atomic E-state index is 0.257. The quantitative estimate of drug-likeness (QED) is 0.843. The van der Waals surface area contributed by atoms with Crippen LogP contribution in [0.1, 0.15) is 41.0 Å². The van der Waals surface area contributed by atoms with Gasteiger partial charge in [0.2, 0.25) is 5.91 Å². The number of hydrogen-bond acceptors (Lipinski definition) is 3. The Bertz CT molecular complexity index is 830. The van der Waals surface area contributed by atoms with Crippen molar-refractivity contribution in [3.8, 4) is 11.5 Å². The van der Waals surface area contributed by atoms with Crippen LogP contribution in [0.4, 0.5) is 0 Å². The zero-order valence-electron chi connectivity index (χ0n) is 15.5. The second kappa shape index (κ2) is 7.02. The van der Waals surface area contributed by atoms with Gasteiger partial charge in [-0.25, -0.2) is 0 Å². The molecule has 0 bridgehead atoms. The molecule has 2 aromatic carbocycles. The minimum absolute atomic E-state index is 0.257. The average Bonchev–Trinajstić information content (AvgIpc) is 3.08. The number of carbonyl (C=O) groups excluding carboxylic acids is 1. The van der Waals surface area contributed by atoms with Crippen LogP contribution >= 0.6 is 0 Å². The van der Waals surface area contributed by atoms with Crippen molar-refractivity contribution in [2.45, 2.75) is 38.1 Å². The fourth-order valence-electron chi connectivity index (χ4n) is 4.28. The summed E-state index contributed by atoms with van der Waals surface area (Å²) in [6.45, 7) is 1.56. The van der Waals surface area contributed by atoms with Crippen LogP contribution in [0.25, 0.3) is 0 Å². The van der Waals surface area contributed by atoms with Crippen LogP contribution < -0.4 is 9.47 Å². The molecule has 2 aliphatic rings. The summed E-state index contributed by atoms with van der Waals surface area (Å²) < 4.78 is 10.9. The molecule has 1 atom stereocenters. The molecular formula is C22H25NO3. The normalized spacial score (nSPS) is 18.2. The van der Waals surface area contributed by atoms with Crippen LogP contribution in [0, 0.1) is 0 Å². The third kappa shape index (κ3) is 3.05. The Kier molecular flexibility index (Phi) is 4.58. The van der Waals surface area contributed by atoms with Crippen molar-refractivity contribution in [2.75, 3.05) is 20.8 Å². The van der Waals surface area contributed by atoms with Crippen molar-refractivity contribution in [1.29, 1.82) is 0 Å². The minimum Gasteiger partial charge on any atom is -0.493 e. The fraction of sp³-hybridized carbons (Fsp3) is 0.409. The second-order valence-corrected chi connectivity index (χ2v) is 7.18. The Hall–Kier alpha value is -2.49. The van der Waals surface area contributed by atoms with Crippen molar-refractivity contribution in [2.24, 2.45) is 0 Å². The van der Waals surface area contributed by atoms with Gasteiger partial charge in [-0.15, -0.1) is 0 Å². The lowest BCUT2D eigenvalue weighted by atomic mass is 9.95. The van der Waals surface area contributed by atoms with Crippen LogP contribution in [0.15, 0.2) is 36.4 Å². The zero-order chi connectivity index (χ0) is 18.1. The van der Waals surface area contributed by atoms with Crippen LogP contribution in [0.2, 0.25) is 0 Å². The monoisotopic (exact) mass is 351 g/mol. The van der Waals surface area contributed by atoms with E-state index in [1.54, 1.807) is 14.2 Å². The first-order chi connectivity index (χ1) is 12.7. The molecule has 0 fully saturated rings. The summed E-state index contributed by atoms with van der Waals surface area (Å²) in [7, 11) is 3.32. The van der Waals surface area contributed by atoms with Crippen LogP contribution in [-0.2, 0) is 24.2 Å². The van der Waals surface area contributed by atoms with Gasteiger partial charge >= 0.3 is 0 Å². The summed E-state index contributed by atoms with van der Waals surface area (Å²) in [5.41, 5.74) is 5.18. The molecule has 4 rings (SSSR count). The molecule has 0 radical (unpaired) electrons. The van der Waals surface area contributed by atoms with Gasteiger partial charge in [0, 0.05) is 19.5 Å². The molecule has 1 heterocycles. The lowest BCUT2D eigenvalue weighted by Crippen LogP contribution is -2.36. The Morgan fingerprint density at radius 2 is 1.77 bits per heavy atom. The summed E-state index contributed by atoms with van der Waals surface area (Å²) >= 11 is 0. The number of methoxy groups -OCH3 is 2. The van der Waals surface area contributed by atoms with E-state index >= 15 is 0 Å². The van der Waals surface area contributed by atoms with Gasteiger partial charge in [-0.1, -0.05) is 24.3 Å². The molecule has 26 heavy (non-hydrogen) atoms. The van der Waals surface area contributed by atoms with Crippen molar-refractivity contribution in [3.63, 3.8) is 0 Å². The summed E-state index contributed by atoms with van der Waals surface area (Å²) in [5, 5.41) is 0. The third-order valence-electron chi connectivity index (χ3n) is 5.75. The number of rotatable bonds is 4. The molecule has 0 saturated carbocycles. The lowest BCUT2D eigenvalue weighted by molar-refractivity contribution is -0.132. The van der Waals surface area contributed by atoms with E-state index in [4.69, 9.17) is 9.47 Å². The highest BCUT2D eigenvalue weighted by atomic mass is 16.5. The largest absolute Gasteiger partial charge is 0.493 e. The van der Waals surface area contributed by atoms with Gasteiger partial charge in [0.1, 0.15) is 0 Å². The zero-order valence-corrected chi connectivity index (χ0v) is 15.5. The van der Waals surface area contributed by atoms with Crippen molar-refractivity contribution in [1.82, 2.24) is 4.90 Å². The topological polar surface area (TPSA) is 38.8 Å². The van der Waals surface area contributed by atoms with Gasteiger partial charge in [-0.3, -0.25) is 4.79 Å². The SMILES string of the molecule is COc1cc2c(cc1OC)C(CC(=O)N1CCc3ccccc3C1)CC2. The van der Waals surface area contributed by atoms with Crippen LogP contribution in [-0.4, -0.2) is 31.6 Å². The Balaban J connectivity index is 1.49. The number of benzene rings is 2. The molecule has 1 aliphatic carbocycles. The molecule has 136 valence electrons. The molecule has 0 spiro atoms. The predicted molar refractivity (Wildman–Crippen MR) is 101 cm³/mol. The molecule has 4 heteroatoms.